The summed E-state index contributed by atoms with van der Waals surface area (Å²) in [5.74, 6) is 1.45. The number of piperidine rings is 1. The van der Waals surface area contributed by atoms with Gasteiger partial charge in [0.15, 0.2) is 5.16 Å². The molecule has 2 aromatic carbocycles. The van der Waals surface area contributed by atoms with Crippen molar-refractivity contribution >= 4 is 28.7 Å². The van der Waals surface area contributed by atoms with Crippen LogP contribution in [0.1, 0.15) is 32.6 Å². The molecule has 1 saturated heterocycles. The predicted octanol–water partition coefficient (Wildman–Crippen LogP) is 4.92. The fourth-order valence-electron chi connectivity index (χ4n) is 4.04. The normalized spacial score (nSPS) is 16.9. The molecule has 152 valence electrons. The lowest BCUT2D eigenvalue weighted by molar-refractivity contribution is -0.132. The first kappa shape index (κ1) is 19.8. The maximum atomic E-state index is 12.9. The number of methoxy groups -OCH3 is 1. The number of likely N-dealkylation sites (tertiary alicyclic amines) is 1. The Kier molecular flexibility index (Phi) is 6.09. The molecule has 5 nitrogen and oxygen atoms in total. The number of aromatic nitrogens is 2. The van der Waals surface area contributed by atoms with Gasteiger partial charge in [-0.05, 0) is 62.1 Å². The van der Waals surface area contributed by atoms with Crippen LogP contribution in [-0.4, -0.2) is 45.8 Å². The van der Waals surface area contributed by atoms with Crippen molar-refractivity contribution in [2.75, 3.05) is 19.4 Å². The minimum absolute atomic E-state index is 0.217. The van der Waals surface area contributed by atoms with E-state index in [1.807, 2.05) is 42.5 Å². The second kappa shape index (κ2) is 8.91. The van der Waals surface area contributed by atoms with E-state index in [4.69, 9.17) is 9.72 Å². The maximum absolute atomic E-state index is 12.9. The van der Waals surface area contributed by atoms with Crippen molar-refractivity contribution in [2.45, 2.75) is 43.8 Å². The fourth-order valence-corrected chi connectivity index (χ4v) is 4.96. The van der Waals surface area contributed by atoms with Crippen molar-refractivity contribution in [3.63, 3.8) is 0 Å². The number of benzene rings is 2. The van der Waals surface area contributed by atoms with E-state index in [0.29, 0.717) is 11.8 Å². The molecule has 1 aliphatic rings. The summed E-state index contributed by atoms with van der Waals surface area (Å²) in [5, 5.41) is 0.842. The van der Waals surface area contributed by atoms with Gasteiger partial charge < -0.3 is 9.64 Å². The highest BCUT2D eigenvalue weighted by Crippen LogP contribution is 2.30. The first-order valence-corrected chi connectivity index (χ1v) is 11.2. The molecule has 0 unspecified atom stereocenters. The van der Waals surface area contributed by atoms with Crippen LogP contribution in [-0.2, 0) is 4.79 Å². The quantitative estimate of drug-likeness (QED) is 0.542. The van der Waals surface area contributed by atoms with E-state index in [1.54, 1.807) is 7.11 Å². The monoisotopic (exact) mass is 409 g/mol. The Morgan fingerprint density at radius 2 is 1.97 bits per heavy atom. The fraction of sp³-hybridized carbons (Fsp3) is 0.391. The zero-order valence-corrected chi connectivity index (χ0v) is 17.8. The third-order valence-electron chi connectivity index (χ3n) is 5.60. The van der Waals surface area contributed by atoms with Crippen molar-refractivity contribution in [1.82, 2.24) is 14.5 Å². The average Bonchev–Trinajstić information content (AvgIpc) is 3.15. The van der Waals surface area contributed by atoms with Gasteiger partial charge in [0.1, 0.15) is 5.75 Å². The van der Waals surface area contributed by atoms with E-state index < -0.39 is 0 Å². The molecule has 0 spiro atoms. The molecule has 3 aromatic rings. The molecular weight excluding hydrogens is 382 g/mol. The number of thioether (sulfide) groups is 1. The number of hydrogen-bond acceptors (Lipinski definition) is 4. The van der Waals surface area contributed by atoms with E-state index in [1.165, 1.54) is 18.2 Å². The molecule has 2 heterocycles. The lowest BCUT2D eigenvalue weighted by Gasteiger charge is -2.35. The second-order valence-electron chi connectivity index (χ2n) is 7.35. The predicted molar refractivity (Wildman–Crippen MR) is 118 cm³/mol. The second-order valence-corrected chi connectivity index (χ2v) is 8.29. The van der Waals surface area contributed by atoms with Gasteiger partial charge in [-0.3, -0.25) is 9.36 Å². The third-order valence-corrected chi connectivity index (χ3v) is 6.53. The van der Waals surface area contributed by atoms with Crippen LogP contribution in [0.2, 0.25) is 0 Å². The Labute approximate surface area is 176 Å². The van der Waals surface area contributed by atoms with Crippen molar-refractivity contribution in [3.05, 3.63) is 48.5 Å². The Bertz CT molecular complexity index is 983. The Morgan fingerprint density at radius 3 is 2.72 bits per heavy atom. The minimum Gasteiger partial charge on any atom is -0.497 e. The number of nitrogens with zero attached hydrogens (tertiary/aromatic N) is 3. The van der Waals surface area contributed by atoms with Crippen molar-refractivity contribution in [3.8, 4) is 11.4 Å². The molecule has 29 heavy (non-hydrogen) atoms. The van der Waals surface area contributed by atoms with Gasteiger partial charge in [0.2, 0.25) is 5.91 Å². The molecule has 1 atom stereocenters. The summed E-state index contributed by atoms with van der Waals surface area (Å²) in [5.41, 5.74) is 2.98. The van der Waals surface area contributed by atoms with Crippen molar-refractivity contribution < 1.29 is 9.53 Å². The highest BCUT2D eigenvalue weighted by molar-refractivity contribution is 7.99. The van der Waals surface area contributed by atoms with Gasteiger partial charge in [-0.2, -0.15) is 0 Å². The van der Waals surface area contributed by atoms with Crippen molar-refractivity contribution in [1.29, 1.82) is 0 Å². The molecule has 4 rings (SSSR count). The highest BCUT2D eigenvalue weighted by Gasteiger charge is 2.25. The Morgan fingerprint density at radius 1 is 1.17 bits per heavy atom. The zero-order valence-electron chi connectivity index (χ0n) is 17.0. The zero-order chi connectivity index (χ0) is 20.2. The third kappa shape index (κ3) is 4.13. The number of imidazole rings is 1. The van der Waals surface area contributed by atoms with Gasteiger partial charge in [0.05, 0.1) is 23.9 Å². The summed E-state index contributed by atoms with van der Waals surface area (Å²) in [6, 6.07) is 16.4. The van der Waals surface area contributed by atoms with Gasteiger partial charge in [0, 0.05) is 18.3 Å². The number of hydrogen-bond donors (Lipinski definition) is 0. The summed E-state index contributed by atoms with van der Waals surface area (Å²) in [6.45, 7) is 3.05. The van der Waals surface area contributed by atoms with E-state index in [0.717, 1.165) is 53.4 Å². The van der Waals surface area contributed by atoms with Crippen LogP contribution in [0.25, 0.3) is 16.7 Å². The van der Waals surface area contributed by atoms with Crippen LogP contribution in [0.15, 0.2) is 53.7 Å². The number of carbonyl (C=O) groups excluding carboxylic acids is 1. The van der Waals surface area contributed by atoms with Crippen molar-refractivity contribution in [2.24, 2.45) is 0 Å². The first-order valence-electron chi connectivity index (χ1n) is 10.3. The molecule has 6 heteroatoms. The number of para-hydroxylation sites is 2. The van der Waals surface area contributed by atoms with Gasteiger partial charge in [-0.15, -0.1) is 0 Å². The van der Waals surface area contributed by atoms with E-state index in [9.17, 15) is 4.79 Å². The van der Waals surface area contributed by atoms with Gasteiger partial charge in [0.25, 0.3) is 0 Å². The molecule has 0 N–H and O–H groups in total. The van der Waals surface area contributed by atoms with E-state index >= 15 is 0 Å². The largest absolute Gasteiger partial charge is 0.497 e. The van der Waals surface area contributed by atoms with Gasteiger partial charge in [-0.1, -0.05) is 30.8 Å². The number of amides is 1. The summed E-state index contributed by atoms with van der Waals surface area (Å²) < 4.78 is 7.42. The summed E-state index contributed by atoms with van der Waals surface area (Å²) in [6.07, 6.45) is 4.48. The molecule has 1 aliphatic heterocycles. The number of rotatable bonds is 6. The molecule has 0 bridgehead atoms. The van der Waals surface area contributed by atoms with Crippen LogP contribution < -0.4 is 4.74 Å². The molecule has 0 aliphatic carbocycles. The molecule has 0 radical (unpaired) electrons. The van der Waals surface area contributed by atoms with E-state index in [2.05, 4.69) is 22.5 Å². The standard InChI is InChI=1S/C23H27N3O2S/c1-3-17-8-6-7-15-25(17)22(27)16-29-23-24-20-9-4-5-10-21(20)26(23)18-11-13-19(28-2)14-12-18/h4-5,9-14,17H,3,6-8,15-16H2,1-2H3/t17-/m1/s1. The minimum atomic E-state index is 0.217. The average molecular weight is 410 g/mol. The summed E-state index contributed by atoms with van der Waals surface area (Å²) in [4.78, 5) is 19.8. The molecule has 0 saturated carbocycles. The van der Waals surface area contributed by atoms with Gasteiger partial charge in [-0.25, -0.2) is 4.98 Å². The highest BCUT2D eigenvalue weighted by atomic mass is 32.2. The van der Waals surface area contributed by atoms with Crippen LogP contribution in [0, 0.1) is 0 Å². The van der Waals surface area contributed by atoms with Crippen LogP contribution in [0.4, 0.5) is 0 Å². The first-order chi connectivity index (χ1) is 14.2. The number of carbonyl (C=O) groups is 1. The van der Waals surface area contributed by atoms with Crippen LogP contribution in [0.5, 0.6) is 5.75 Å². The maximum Gasteiger partial charge on any atom is 0.233 e. The van der Waals surface area contributed by atoms with Crippen LogP contribution >= 0.6 is 11.8 Å². The molecule has 1 amide bonds. The smallest absolute Gasteiger partial charge is 0.233 e. The molecular formula is C23H27N3O2S. The van der Waals surface area contributed by atoms with E-state index in [-0.39, 0.29) is 5.91 Å². The SMILES string of the molecule is CC[C@@H]1CCCCN1C(=O)CSc1nc2ccccc2n1-c1ccc(OC)cc1. The topological polar surface area (TPSA) is 47.4 Å². The number of ether oxygens (including phenoxy) is 1. The number of fused-ring (bicyclic) bond motifs is 1. The summed E-state index contributed by atoms with van der Waals surface area (Å²) in [7, 11) is 1.67. The molecule has 1 aromatic heterocycles. The summed E-state index contributed by atoms with van der Waals surface area (Å²) >= 11 is 1.52. The Hall–Kier alpha value is -2.47. The van der Waals surface area contributed by atoms with Gasteiger partial charge >= 0.3 is 0 Å². The molecule has 1 fully saturated rings. The van der Waals surface area contributed by atoms with Crippen LogP contribution in [0.3, 0.4) is 0 Å². The lowest BCUT2D eigenvalue weighted by Crippen LogP contribution is -2.44. The Balaban J connectivity index is 1.60. The lowest BCUT2D eigenvalue weighted by atomic mass is 10.0.